The minimum absolute atomic E-state index is 0.0132. The molecule has 0 bridgehead atoms. The lowest BCUT2D eigenvalue weighted by atomic mass is 9.77. The average Bonchev–Trinajstić information content (AvgIpc) is 3.06. The zero-order chi connectivity index (χ0) is 18.9. The maximum absolute atomic E-state index is 12.7. The van der Waals surface area contributed by atoms with Gasteiger partial charge in [-0.15, -0.1) is 0 Å². The molecule has 2 amide bonds. The van der Waals surface area contributed by atoms with Gasteiger partial charge in [0, 0.05) is 44.5 Å². The summed E-state index contributed by atoms with van der Waals surface area (Å²) in [5.41, 5.74) is 0.723. The highest BCUT2D eigenvalue weighted by molar-refractivity contribution is 6.08. The van der Waals surface area contributed by atoms with Crippen molar-refractivity contribution in [3.63, 3.8) is 0 Å². The average molecular weight is 364 g/mol. The summed E-state index contributed by atoms with van der Waals surface area (Å²) >= 11 is 0. The van der Waals surface area contributed by atoms with Crippen LogP contribution >= 0.6 is 0 Å². The molecule has 2 heterocycles. The minimum atomic E-state index is 0.0132. The molecule has 2 aliphatic rings. The fourth-order valence-corrected chi connectivity index (χ4v) is 4.32. The monoisotopic (exact) mass is 364 g/mol. The van der Waals surface area contributed by atoms with Crippen molar-refractivity contribution in [3.05, 3.63) is 48.0 Å². The first-order chi connectivity index (χ1) is 13.1. The van der Waals surface area contributed by atoms with Crippen molar-refractivity contribution in [1.29, 1.82) is 0 Å². The Morgan fingerprint density at radius 2 is 1.74 bits per heavy atom. The minimum Gasteiger partial charge on any atom is -0.356 e. The van der Waals surface area contributed by atoms with E-state index in [1.807, 2.05) is 47.4 Å². The van der Waals surface area contributed by atoms with Gasteiger partial charge in [-0.3, -0.25) is 14.4 Å². The molecule has 0 unspecified atom stereocenters. The SMILES string of the molecule is O=C1CC2(CCN(C(=O)CCC(=O)c3cccc4ccccc34)CC2)CN1. The van der Waals surface area contributed by atoms with Gasteiger partial charge in [-0.1, -0.05) is 42.5 Å². The Balaban J connectivity index is 1.34. The van der Waals surface area contributed by atoms with E-state index >= 15 is 0 Å². The molecule has 0 atom stereocenters. The van der Waals surface area contributed by atoms with Crippen LogP contribution in [0.2, 0.25) is 0 Å². The molecule has 140 valence electrons. The molecule has 0 aliphatic carbocycles. The quantitative estimate of drug-likeness (QED) is 0.849. The van der Waals surface area contributed by atoms with Crippen LogP contribution in [0.25, 0.3) is 10.8 Å². The summed E-state index contributed by atoms with van der Waals surface area (Å²) in [7, 11) is 0. The number of nitrogens with one attached hydrogen (secondary N) is 1. The Labute approximate surface area is 158 Å². The highest BCUT2D eigenvalue weighted by atomic mass is 16.2. The van der Waals surface area contributed by atoms with E-state index in [-0.39, 0.29) is 35.9 Å². The van der Waals surface area contributed by atoms with Gasteiger partial charge in [-0.25, -0.2) is 0 Å². The fraction of sp³-hybridized carbons (Fsp3) is 0.409. The number of rotatable bonds is 4. The van der Waals surface area contributed by atoms with Crippen LogP contribution in [0.3, 0.4) is 0 Å². The van der Waals surface area contributed by atoms with Crippen LogP contribution in [0.15, 0.2) is 42.5 Å². The van der Waals surface area contributed by atoms with Crippen LogP contribution < -0.4 is 5.32 Å². The van der Waals surface area contributed by atoms with Crippen molar-refractivity contribution < 1.29 is 14.4 Å². The highest BCUT2D eigenvalue weighted by Crippen LogP contribution is 2.37. The van der Waals surface area contributed by atoms with Crippen molar-refractivity contribution in [2.45, 2.75) is 32.1 Å². The standard InChI is InChI=1S/C22H24N2O3/c25-19(18-7-3-5-16-4-1-2-6-17(16)18)8-9-21(27)24-12-10-22(11-13-24)14-20(26)23-15-22/h1-7H,8-15H2,(H,23,26). The van der Waals surface area contributed by atoms with Crippen LogP contribution in [-0.2, 0) is 9.59 Å². The second kappa shape index (κ2) is 7.14. The van der Waals surface area contributed by atoms with Crippen LogP contribution in [0.5, 0.6) is 0 Å². The maximum atomic E-state index is 12.7. The van der Waals surface area contributed by atoms with Gasteiger partial charge in [0.2, 0.25) is 11.8 Å². The molecule has 0 radical (unpaired) electrons. The third-order valence-corrected chi connectivity index (χ3v) is 6.03. The van der Waals surface area contributed by atoms with Crippen molar-refractivity contribution in [3.8, 4) is 0 Å². The molecule has 4 rings (SSSR count). The number of amides is 2. The molecular formula is C22H24N2O3. The van der Waals surface area contributed by atoms with Gasteiger partial charge < -0.3 is 10.2 Å². The molecule has 2 aromatic rings. The number of carbonyl (C=O) groups is 3. The highest BCUT2D eigenvalue weighted by Gasteiger charge is 2.41. The third kappa shape index (κ3) is 3.59. The number of benzene rings is 2. The van der Waals surface area contributed by atoms with Gasteiger partial charge in [-0.05, 0) is 29.0 Å². The smallest absolute Gasteiger partial charge is 0.223 e. The van der Waals surface area contributed by atoms with E-state index < -0.39 is 0 Å². The number of hydrogen-bond acceptors (Lipinski definition) is 3. The number of nitrogens with zero attached hydrogens (tertiary/aromatic N) is 1. The van der Waals surface area contributed by atoms with E-state index in [2.05, 4.69) is 5.32 Å². The zero-order valence-electron chi connectivity index (χ0n) is 15.4. The van der Waals surface area contributed by atoms with E-state index in [1.54, 1.807) is 0 Å². The molecule has 0 aromatic heterocycles. The van der Waals surface area contributed by atoms with Crippen LogP contribution in [-0.4, -0.2) is 42.1 Å². The molecule has 2 saturated heterocycles. The van der Waals surface area contributed by atoms with E-state index in [1.165, 1.54) is 0 Å². The summed E-state index contributed by atoms with van der Waals surface area (Å²) in [4.78, 5) is 38.6. The number of carbonyl (C=O) groups excluding carboxylic acids is 3. The lowest BCUT2D eigenvalue weighted by molar-refractivity contribution is -0.133. The second-order valence-electron chi connectivity index (χ2n) is 7.78. The number of fused-ring (bicyclic) bond motifs is 1. The first-order valence-electron chi connectivity index (χ1n) is 9.62. The van der Waals surface area contributed by atoms with Crippen LogP contribution in [0.4, 0.5) is 0 Å². The van der Waals surface area contributed by atoms with Crippen molar-refractivity contribution in [2.75, 3.05) is 19.6 Å². The number of Topliss-reactive ketones (excluding diaryl/α,β-unsaturated/α-hetero) is 1. The number of hydrogen-bond donors (Lipinski definition) is 1. The summed E-state index contributed by atoms with van der Waals surface area (Å²) in [6, 6.07) is 13.5. The lowest BCUT2D eigenvalue weighted by Crippen LogP contribution is -2.44. The van der Waals surface area contributed by atoms with Gasteiger partial charge in [0.1, 0.15) is 0 Å². The molecule has 2 aromatic carbocycles. The molecule has 1 spiro atoms. The Bertz CT molecular complexity index is 892. The summed E-state index contributed by atoms with van der Waals surface area (Å²) in [6.45, 7) is 2.08. The van der Waals surface area contributed by atoms with Crippen molar-refractivity contribution in [1.82, 2.24) is 10.2 Å². The first kappa shape index (κ1) is 17.7. The fourth-order valence-electron chi connectivity index (χ4n) is 4.32. The van der Waals surface area contributed by atoms with E-state index in [0.717, 1.165) is 30.2 Å². The predicted molar refractivity (Wildman–Crippen MR) is 103 cm³/mol. The van der Waals surface area contributed by atoms with Crippen molar-refractivity contribution >= 4 is 28.4 Å². The van der Waals surface area contributed by atoms with E-state index in [4.69, 9.17) is 0 Å². The van der Waals surface area contributed by atoms with E-state index in [9.17, 15) is 14.4 Å². The van der Waals surface area contributed by atoms with E-state index in [0.29, 0.717) is 25.1 Å². The molecular weight excluding hydrogens is 340 g/mol. The molecule has 0 saturated carbocycles. The number of piperidine rings is 1. The topological polar surface area (TPSA) is 66.5 Å². The third-order valence-electron chi connectivity index (χ3n) is 6.03. The summed E-state index contributed by atoms with van der Waals surface area (Å²) in [5.74, 6) is 0.172. The molecule has 2 fully saturated rings. The molecule has 5 nitrogen and oxygen atoms in total. The Hall–Kier alpha value is -2.69. The summed E-state index contributed by atoms with van der Waals surface area (Å²) < 4.78 is 0. The zero-order valence-corrected chi connectivity index (χ0v) is 15.4. The molecule has 1 N–H and O–H groups in total. The van der Waals surface area contributed by atoms with Gasteiger partial charge in [0.05, 0.1) is 0 Å². The molecule has 27 heavy (non-hydrogen) atoms. The Kier molecular flexibility index (Phi) is 4.68. The van der Waals surface area contributed by atoms with Gasteiger partial charge in [0.25, 0.3) is 0 Å². The Morgan fingerprint density at radius 1 is 1.00 bits per heavy atom. The van der Waals surface area contributed by atoms with Crippen molar-refractivity contribution in [2.24, 2.45) is 5.41 Å². The summed E-state index contributed by atoms with van der Waals surface area (Å²) in [5, 5.41) is 4.89. The van der Waals surface area contributed by atoms with Gasteiger partial charge in [0.15, 0.2) is 5.78 Å². The van der Waals surface area contributed by atoms with Gasteiger partial charge >= 0.3 is 0 Å². The summed E-state index contributed by atoms with van der Waals surface area (Å²) in [6.07, 6.45) is 2.76. The van der Waals surface area contributed by atoms with Gasteiger partial charge in [-0.2, -0.15) is 0 Å². The largest absolute Gasteiger partial charge is 0.356 e. The van der Waals surface area contributed by atoms with Crippen LogP contribution in [0, 0.1) is 5.41 Å². The first-order valence-corrected chi connectivity index (χ1v) is 9.62. The van der Waals surface area contributed by atoms with Crippen LogP contribution in [0.1, 0.15) is 42.5 Å². The normalized spacial score (nSPS) is 18.7. The number of ketones is 1. The number of likely N-dealkylation sites (tertiary alicyclic amines) is 1. The predicted octanol–water partition coefficient (Wildman–Crippen LogP) is 2.93. The second-order valence-corrected chi connectivity index (χ2v) is 7.78. The molecule has 2 aliphatic heterocycles. The molecule has 5 heteroatoms. The Morgan fingerprint density at radius 3 is 2.48 bits per heavy atom. The maximum Gasteiger partial charge on any atom is 0.223 e. The lowest BCUT2D eigenvalue weighted by Gasteiger charge is -2.38.